The molecule has 0 aliphatic rings. The van der Waals surface area contributed by atoms with E-state index in [-0.39, 0.29) is 25.4 Å². The van der Waals surface area contributed by atoms with Gasteiger partial charge in [0, 0.05) is 18.9 Å². The van der Waals surface area contributed by atoms with Gasteiger partial charge in [-0.05, 0) is 12.5 Å². The second kappa shape index (κ2) is 8.73. The molecule has 2 rings (SSSR count). The summed E-state index contributed by atoms with van der Waals surface area (Å²) < 4.78 is 5.04. The summed E-state index contributed by atoms with van der Waals surface area (Å²) in [5.41, 5.74) is 0.908. The number of benzene rings is 1. The number of rotatable bonds is 9. The standard InChI is InChI=1S/C18H22N2O4S/c1-18(12-24-2,10-17(22)23)20-15(21)9-14-11-25-16(19-14)8-13-6-4-3-5-7-13/h3-7,11H,8-10,12H2,1-2H3,(H,20,21)(H,22,23). The molecule has 25 heavy (non-hydrogen) atoms. The third kappa shape index (κ3) is 6.28. The van der Waals surface area contributed by atoms with Gasteiger partial charge in [0.15, 0.2) is 0 Å². The summed E-state index contributed by atoms with van der Waals surface area (Å²) in [6, 6.07) is 10.0. The first-order valence-electron chi connectivity index (χ1n) is 7.89. The Morgan fingerprint density at radius 2 is 2.04 bits per heavy atom. The maximum Gasteiger partial charge on any atom is 0.305 e. The molecule has 1 heterocycles. The summed E-state index contributed by atoms with van der Waals surface area (Å²) in [6.45, 7) is 1.78. The largest absolute Gasteiger partial charge is 0.481 e. The van der Waals surface area contributed by atoms with Gasteiger partial charge in [-0.15, -0.1) is 11.3 Å². The zero-order valence-electron chi connectivity index (χ0n) is 14.3. The zero-order chi connectivity index (χ0) is 18.3. The van der Waals surface area contributed by atoms with Gasteiger partial charge in [0.05, 0.1) is 35.7 Å². The van der Waals surface area contributed by atoms with E-state index in [1.54, 1.807) is 6.92 Å². The van der Waals surface area contributed by atoms with Crippen LogP contribution >= 0.6 is 11.3 Å². The number of hydrogen-bond donors (Lipinski definition) is 2. The minimum Gasteiger partial charge on any atom is -0.481 e. The molecule has 0 spiro atoms. The predicted molar refractivity (Wildman–Crippen MR) is 95.7 cm³/mol. The number of aliphatic carboxylic acids is 1. The van der Waals surface area contributed by atoms with Crippen molar-refractivity contribution in [1.82, 2.24) is 10.3 Å². The number of carbonyl (C=O) groups excluding carboxylic acids is 1. The molecule has 1 aromatic carbocycles. The smallest absolute Gasteiger partial charge is 0.305 e. The van der Waals surface area contributed by atoms with Crippen molar-refractivity contribution in [3.05, 3.63) is 52.0 Å². The number of carbonyl (C=O) groups is 2. The highest BCUT2D eigenvalue weighted by Crippen LogP contribution is 2.16. The van der Waals surface area contributed by atoms with Crippen molar-refractivity contribution in [3.8, 4) is 0 Å². The van der Waals surface area contributed by atoms with Crippen molar-refractivity contribution in [3.63, 3.8) is 0 Å². The molecule has 2 N–H and O–H groups in total. The van der Waals surface area contributed by atoms with E-state index in [9.17, 15) is 9.59 Å². The van der Waals surface area contributed by atoms with Crippen LogP contribution in [-0.4, -0.2) is 41.2 Å². The van der Waals surface area contributed by atoms with Gasteiger partial charge in [-0.3, -0.25) is 9.59 Å². The number of carboxylic acids is 1. The molecule has 0 fully saturated rings. The monoisotopic (exact) mass is 362 g/mol. The molecule has 1 aromatic heterocycles. The molecule has 0 aliphatic carbocycles. The summed E-state index contributed by atoms with van der Waals surface area (Å²) in [5.74, 6) is -1.25. The summed E-state index contributed by atoms with van der Waals surface area (Å²) in [4.78, 5) is 27.7. The van der Waals surface area contributed by atoms with Crippen LogP contribution in [0.15, 0.2) is 35.7 Å². The second-order valence-electron chi connectivity index (χ2n) is 6.18. The van der Waals surface area contributed by atoms with Crippen LogP contribution in [0, 0.1) is 0 Å². The molecule has 0 saturated heterocycles. The molecular weight excluding hydrogens is 340 g/mol. The van der Waals surface area contributed by atoms with Gasteiger partial charge < -0.3 is 15.2 Å². The first-order chi connectivity index (χ1) is 11.9. The van der Waals surface area contributed by atoms with Crippen LogP contribution in [-0.2, 0) is 27.2 Å². The Bertz CT molecular complexity index is 717. The number of nitrogens with zero attached hydrogens (tertiary/aromatic N) is 1. The molecule has 2 aromatic rings. The van der Waals surface area contributed by atoms with Gasteiger partial charge >= 0.3 is 5.97 Å². The normalized spacial score (nSPS) is 13.2. The molecule has 0 bridgehead atoms. The van der Waals surface area contributed by atoms with Gasteiger partial charge in [-0.25, -0.2) is 4.98 Å². The number of methoxy groups -OCH3 is 1. The number of hydrogen-bond acceptors (Lipinski definition) is 5. The molecule has 6 nitrogen and oxygen atoms in total. The van der Waals surface area contributed by atoms with Crippen molar-refractivity contribution >= 4 is 23.2 Å². The Kier molecular flexibility index (Phi) is 6.66. The van der Waals surface area contributed by atoms with Gasteiger partial charge in [0.25, 0.3) is 0 Å². The Balaban J connectivity index is 1.95. The van der Waals surface area contributed by atoms with E-state index >= 15 is 0 Å². The molecule has 1 amide bonds. The van der Waals surface area contributed by atoms with Crippen LogP contribution in [0.1, 0.15) is 29.6 Å². The third-order valence-electron chi connectivity index (χ3n) is 3.58. The topological polar surface area (TPSA) is 88.5 Å². The van der Waals surface area contributed by atoms with Crippen LogP contribution in [0.4, 0.5) is 0 Å². The highest BCUT2D eigenvalue weighted by atomic mass is 32.1. The van der Waals surface area contributed by atoms with E-state index in [1.807, 2.05) is 35.7 Å². The Hall–Kier alpha value is -2.25. The van der Waals surface area contributed by atoms with E-state index in [4.69, 9.17) is 9.84 Å². The highest BCUT2D eigenvalue weighted by Gasteiger charge is 2.29. The average molecular weight is 362 g/mol. The Morgan fingerprint density at radius 1 is 1.32 bits per heavy atom. The fourth-order valence-corrected chi connectivity index (χ4v) is 3.44. The van der Waals surface area contributed by atoms with E-state index in [2.05, 4.69) is 10.3 Å². The fourth-order valence-electron chi connectivity index (χ4n) is 2.61. The Labute approximate surface area is 150 Å². The molecule has 1 atom stereocenters. The molecule has 0 radical (unpaired) electrons. The number of aromatic nitrogens is 1. The van der Waals surface area contributed by atoms with Crippen molar-refractivity contribution in [1.29, 1.82) is 0 Å². The first-order valence-corrected chi connectivity index (χ1v) is 8.77. The maximum absolute atomic E-state index is 12.3. The highest BCUT2D eigenvalue weighted by molar-refractivity contribution is 7.09. The molecule has 7 heteroatoms. The number of nitrogens with one attached hydrogen (secondary N) is 1. The summed E-state index contributed by atoms with van der Waals surface area (Å²) >= 11 is 1.52. The molecule has 0 saturated carbocycles. The zero-order valence-corrected chi connectivity index (χ0v) is 15.1. The van der Waals surface area contributed by atoms with Gasteiger partial charge in [0.2, 0.25) is 5.91 Å². The van der Waals surface area contributed by atoms with Crippen LogP contribution in [0.2, 0.25) is 0 Å². The lowest BCUT2D eigenvalue weighted by atomic mass is 9.98. The van der Waals surface area contributed by atoms with Crippen molar-refractivity contribution in [2.24, 2.45) is 0 Å². The second-order valence-corrected chi connectivity index (χ2v) is 7.13. The minimum absolute atomic E-state index is 0.115. The number of amides is 1. The first kappa shape index (κ1) is 19.1. The van der Waals surface area contributed by atoms with E-state index in [0.717, 1.165) is 11.4 Å². The number of thiazole rings is 1. The van der Waals surface area contributed by atoms with Crippen LogP contribution in [0.25, 0.3) is 0 Å². The summed E-state index contributed by atoms with van der Waals surface area (Å²) in [7, 11) is 1.47. The van der Waals surface area contributed by atoms with E-state index in [0.29, 0.717) is 5.69 Å². The van der Waals surface area contributed by atoms with Crippen LogP contribution < -0.4 is 5.32 Å². The fraction of sp³-hybridized carbons (Fsp3) is 0.389. The van der Waals surface area contributed by atoms with Crippen molar-refractivity contribution < 1.29 is 19.4 Å². The number of carboxylic acid groups (broad SMARTS) is 1. The lowest BCUT2D eigenvalue weighted by Crippen LogP contribution is -2.51. The number of ether oxygens (including phenoxy) is 1. The van der Waals surface area contributed by atoms with Gasteiger partial charge in [0.1, 0.15) is 0 Å². The lowest BCUT2D eigenvalue weighted by Gasteiger charge is -2.28. The lowest BCUT2D eigenvalue weighted by molar-refractivity contribution is -0.139. The summed E-state index contributed by atoms with van der Waals surface area (Å²) in [5, 5.41) is 14.6. The van der Waals surface area contributed by atoms with Gasteiger partial charge in [-0.2, -0.15) is 0 Å². The van der Waals surface area contributed by atoms with Crippen molar-refractivity contribution in [2.75, 3.05) is 13.7 Å². The molecule has 134 valence electrons. The molecule has 0 aliphatic heterocycles. The maximum atomic E-state index is 12.3. The van der Waals surface area contributed by atoms with E-state index < -0.39 is 11.5 Å². The van der Waals surface area contributed by atoms with Crippen molar-refractivity contribution in [2.45, 2.75) is 31.7 Å². The van der Waals surface area contributed by atoms with Crippen LogP contribution in [0.3, 0.4) is 0 Å². The van der Waals surface area contributed by atoms with Crippen LogP contribution in [0.5, 0.6) is 0 Å². The SMILES string of the molecule is COCC(C)(CC(=O)O)NC(=O)Cc1csc(Cc2ccccc2)n1. The quantitative estimate of drug-likeness (QED) is 0.714. The van der Waals surface area contributed by atoms with Gasteiger partial charge in [-0.1, -0.05) is 30.3 Å². The molecule has 1 unspecified atom stereocenters. The van der Waals surface area contributed by atoms with E-state index in [1.165, 1.54) is 24.0 Å². The minimum atomic E-state index is -0.987. The Morgan fingerprint density at radius 3 is 2.68 bits per heavy atom. The predicted octanol–water partition coefficient (Wildman–Crippen LogP) is 2.27. The molecular formula is C18H22N2O4S. The third-order valence-corrected chi connectivity index (χ3v) is 4.48. The average Bonchev–Trinajstić information content (AvgIpc) is 2.94. The summed E-state index contributed by atoms with van der Waals surface area (Å²) in [6.07, 6.45) is 0.640.